The number of hydrazone groups is 1. The van der Waals surface area contributed by atoms with Crippen LogP contribution in [-0.4, -0.2) is 32.5 Å². The number of methoxy groups -OCH3 is 3. The molecule has 2 rings (SSSR count). The molecule has 134 valence electrons. The molecule has 0 unspecified atom stereocenters. The molecular weight excluding hydrogens is 346 g/mol. The largest absolute Gasteiger partial charge is 0.496 e. The molecule has 10 heteroatoms. The topological polar surface area (TPSA) is 65.0 Å². The lowest BCUT2D eigenvalue weighted by Gasteiger charge is -2.12. The molecule has 0 saturated carbocycles. The highest BCUT2D eigenvalue weighted by Crippen LogP contribution is 2.32. The summed E-state index contributed by atoms with van der Waals surface area (Å²) >= 11 is 0. The van der Waals surface area contributed by atoms with E-state index >= 15 is 0 Å². The van der Waals surface area contributed by atoms with Crippen LogP contribution in [0.4, 0.5) is 23.2 Å². The molecule has 0 aliphatic carbocycles. The molecule has 0 atom stereocenters. The van der Waals surface area contributed by atoms with Gasteiger partial charge in [-0.15, -0.1) is 0 Å². The minimum atomic E-state index is -1.80. The van der Waals surface area contributed by atoms with Gasteiger partial charge in [-0.2, -0.15) is 27.6 Å². The Morgan fingerprint density at radius 2 is 1.44 bits per heavy atom. The Kier molecular flexibility index (Phi) is 5.63. The molecule has 1 aromatic carbocycles. The second-order valence-electron chi connectivity index (χ2n) is 4.51. The lowest BCUT2D eigenvalue weighted by Crippen LogP contribution is -2.06. The normalized spacial score (nSPS) is 10.8. The minimum absolute atomic E-state index is 0.287. The van der Waals surface area contributed by atoms with Crippen LogP contribution in [0.2, 0.25) is 0 Å². The average Bonchev–Trinajstić information content (AvgIpc) is 2.62. The minimum Gasteiger partial charge on any atom is -0.496 e. The van der Waals surface area contributed by atoms with Crippen LogP contribution in [0, 0.1) is 23.5 Å². The molecular formula is C15H13F4N3O3. The summed E-state index contributed by atoms with van der Waals surface area (Å²) in [5.74, 6) is -5.99. The molecule has 0 fully saturated rings. The van der Waals surface area contributed by atoms with Gasteiger partial charge in [-0.05, 0) is 0 Å². The molecule has 0 aliphatic heterocycles. The van der Waals surface area contributed by atoms with Crippen molar-refractivity contribution in [3.8, 4) is 17.2 Å². The average molecular weight is 359 g/mol. The second kappa shape index (κ2) is 7.69. The highest BCUT2D eigenvalue weighted by atomic mass is 19.2. The third-order valence-electron chi connectivity index (χ3n) is 3.12. The van der Waals surface area contributed by atoms with Crippen molar-refractivity contribution in [1.82, 2.24) is 4.98 Å². The maximum Gasteiger partial charge on any atom is 0.254 e. The van der Waals surface area contributed by atoms with E-state index in [4.69, 9.17) is 14.2 Å². The SMILES string of the molecule is COc1cc(OC)c(/C=N/Nc2c(F)c(F)nc(F)c2F)c(OC)c1. The van der Waals surface area contributed by atoms with E-state index in [0.29, 0.717) is 11.3 Å². The van der Waals surface area contributed by atoms with Crippen LogP contribution in [0.15, 0.2) is 17.2 Å². The molecule has 1 aromatic heterocycles. The zero-order valence-corrected chi connectivity index (χ0v) is 13.4. The van der Waals surface area contributed by atoms with Crippen molar-refractivity contribution < 1.29 is 31.8 Å². The number of pyridine rings is 1. The fourth-order valence-electron chi connectivity index (χ4n) is 1.91. The van der Waals surface area contributed by atoms with Gasteiger partial charge in [0.1, 0.15) is 22.9 Å². The van der Waals surface area contributed by atoms with Crippen LogP contribution in [-0.2, 0) is 0 Å². The van der Waals surface area contributed by atoms with Crippen molar-refractivity contribution in [3.63, 3.8) is 0 Å². The first-order chi connectivity index (χ1) is 11.9. The van der Waals surface area contributed by atoms with E-state index in [9.17, 15) is 17.6 Å². The number of halogens is 4. The summed E-state index contributed by atoms with van der Waals surface area (Å²) in [6.07, 6.45) is 1.10. The van der Waals surface area contributed by atoms with Gasteiger partial charge in [0.15, 0.2) is 0 Å². The number of nitrogens with one attached hydrogen (secondary N) is 1. The Morgan fingerprint density at radius 1 is 0.920 bits per heavy atom. The standard InChI is InChI=1S/C15H13F4N3O3/c1-23-7-4-9(24-2)8(10(5-7)25-3)6-20-22-13-11(16)14(18)21-15(19)12(13)17/h4-6H,1-3H3,(H,21,22)/b20-6+. The quantitative estimate of drug-likeness (QED) is 0.372. The van der Waals surface area contributed by atoms with Gasteiger partial charge in [-0.3, -0.25) is 5.43 Å². The van der Waals surface area contributed by atoms with Gasteiger partial charge in [0.2, 0.25) is 11.6 Å². The van der Waals surface area contributed by atoms with Crippen molar-refractivity contribution in [3.05, 3.63) is 41.2 Å². The van der Waals surface area contributed by atoms with Crippen molar-refractivity contribution in [2.45, 2.75) is 0 Å². The van der Waals surface area contributed by atoms with Gasteiger partial charge < -0.3 is 14.2 Å². The molecule has 0 amide bonds. The predicted octanol–water partition coefficient (Wildman–Crippen LogP) is 3.11. The van der Waals surface area contributed by atoms with Gasteiger partial charge in [0.05, 0.1) is 33.1 Å². The van der Waals surface area contributed by atoms with Gasteiger partial charge in [0.25, 0.3) is 11.9 Å². The summed E-state index contributed by atoms with van der Waals surface area (Å²) in [5.41, 5.74) is 1.08. The number of anilines is 1. The molecule has 0 spiro atoms. The monoisotopic (exact) mass is 359 g/mol. The fraction of sp³-hybridized carbons (Fsp3) is 0.200. The van der Waals surface area contributed by atoms with Crippen molar-refractivity contribution in [1.29, 1.82) is 0 Å². The fourth-order valence-corrected chi connectivity index (χ4v) is 1.91. The number of rotatable bonds is 6. The molecule has 0 radical (unpaired) electrons. The van der Waals surface area contributed by atoms with Crippen molar-refractivity contribution in [2.75, 3.05) is 26.8 Å². The summed E-state index contributed by atoms with van der Waals surface area (Å²) < 4.78 is 68.5. The Balaban J connectivity index is 2.38. The molecule has 0 aliphatic rings. The van der Waals surface area contributed by atoms with Crippen LogP contribution in [0.3, 0.4) is 0 Å². The first-order valence-electron chi connectivity index (χ1n) is 6.72. The van der Waals surface area contributed by atoms with Gasteiger partial charge in [-0.1, -0.05) is 0 Å². The van der Waals surface area contributed by atoms with E-state index in [-0.39, 0.29) is 11.5 Å². The van der Waals surface area contributed by atoms with Crippen LogP contribution in [0.1, 0.15) is 5.56 Å². The van der Waals surface area contributed by atoms with E-state index in [1.807, 2.05) is 5.43 Å². The zero-order chi connectivity index (χ0) is 18.6. The molecule has 6 nitrogen and oxygen atoms in total. The Hall–Kier alpha value is -3.04. The van der Waals surface area contributed by atoms with E-state index in [0.717, 1.165) is 6.21 Å². The third-order valence-corrected chi connectivity index (χ3v) is 3.12. The van der Waals surface area contributed by atoms with Gasteiger partial charge in [-0.25, -0.2) is 0 Å². The maximum atomic E-state index is 13.5. The first kappa shape index (κ1) is 18.3. The van der Waals surface area contributed by atoms with E-state index in [2.05, 4.69) is 10.1 Å². The van der Waals surface area contributed by atoms with Crippen molar-refractivity contribution in [2.24, 2.45) is 5.10 Å². The number of aromatic nitrogens is 1. The molecule has 25 heavy (non-hydrogen) atoms. The Labute approximate surface area is 140 Å². The van der Waals surface area contributed by atoms with Gasteiger partial charge >= 0.3 is 0 Å². The summed E-state index contributed by atoms with van der Waals surface area (Å²) in [5, 5.41) is 3.57. The summed E-state index contributed by atoms with van der Waals surface area (Å²) in [6, 6.07) is 3.05. The number of hydrogen-bond acceptors (Lipinski definition) is 6. The van der Waals surface area contributed by atoms with Crippen LogP contribution < -0.4 is 19.6 Å². The smallest absolute Gasteiger partial charge is 0.254 e. The molecule has 0 saturated heterocycles. The lowest BCUT2D eigenvalue weighted by molar-refractivity contribution is 0.374. The highest BCUT2D eigenvalue weighted by molar-refractivity contribution is 5.88. The number of nitrogens with zero attached hydrogens (tertiary/aromatic N) is 2. The summed E-state index contributed by atoms with van der Waals surface area (Å²) in [6.45, 7) is 0. The summed E-state index contributed by atoms with van der Waals surface area (Å²) in [7, 11) is 4.21. The number of benzene rings is 1. The highest BCUT2D eigenvalue weighted by Gasteiger charge is 2.20. The van der Waals surface area contributed by atoms with E-state index in [1.165, 1.54) is 33.5 Å². The first-order valence-corrected chi connectivity index (χ1v) is 6.72. The maximum absolute atomic E-state index is 13.5. The third kappa shape index (κ3) is 3.73. The Bertz CT molecular complexity index is 764. The number of hydrogen-bond donors (Lipinski definition) is 1. The van der Waals surface area contributed by atoms with Gasteiger partial charge in [0, 0.05) is 12.1 Å². The molecule has 1 N–H and O–H groups in total. The molecule has 2 aromatic rings. The molecule has 0 bridgehead atoms. The molecule has 1 heterocycles. The van der Waals surface area contributed by atoms with Crippen LogP contribution >= 0.6 is 0 Å². The van der Waals surface area contributed by atoms with Crippen LogP contribution in [0.25, 0.3) is 0 Å². The lowest BCUT2D eigenvalue weighted by atomic mass is 10.2. The summed E-state index contributed by atoms with van der Waals surface area (Å²) in [4.78, 5) is 2.44. The predicted molar refractivity (Wildman–Crippen MR) is 81.4 cm³/mol. The van der Waals surface area contributed by atoms with E-state index in [1.54, 1.807) is 0 Å². The van der Waals surface area contributed by atoms with Crippen molar-refractivity contribution >= 4 is 11.9 Å². The second-order valence-corrected chi connectivity index (χ2v) is 4.51. The van der Waals surface area contributed by atoms with Crippen LogP contribution in [0.5, 0.6) is 17.2 Å². The zero-order valence-electron chi connectivity index (χ0n) is 13.4. The van der Waals surface area contributed by atoms with E-state index < -0.39 is 29.2 Å². The Morgan fingerprint density at radius 3 is 1.88 bits per heavy atom. The number of ether oxygens (including phenoxy) is 3.